The van der Waals surface area contributed by atoms with Crippen LogP contribution in [-0.2, 0) is 14.8 Å². The summed E-state index contributed by atoms with van der Waals surface area (Å²) in [5, 5.41) is 2.68. The Kier molecular flexibility index (Phi) is 5.54. The van der Waals surface area contributed by atoms with Crippen molar-refractivity contribution in [3.63, 3.8) is 0 Å². The number of ether oxygens (including phenoxy) is 1. The van der Waals surface area contributed by atoms with Crippen molar-refractivity contribution in [2.24, 2.45) is 5.73 Å². The zero-order valence-corrected chi connectivity index (χ0v) is 15.2. The Balaban J connectivity index is 1.70. The van der Waals surface area contributed by atoms with E-state index >= 15 is 0 Å². The van der Waals surface area contributed by atoms with E-state index in [2.05, 4.69) is 5.32 Å². The fourth-order valence-corrected chi connectivity index (χ4v) is 4.04. The van der Waals surface area contributed by atoms with Crippen molar-refractivity contribution in [1.29, 1.82) is 0 Å². The van der Waals surface area contributed by atoms with Gasteiger partial charge in [-0.15, -0.1) is 0 Å². The van der Waals surface area contributed by atoms with Gasteiger partial charge in [-0.25, -0.2) is 8.42 Å². The molecule has 0 aromatic heterocycles. The van der Waals surface area contributed by atoms with Gasteiger partial charge in [-0.3, -0.25) is 9.59 Å². The molecular formula is C18H19N3O5S. The second-order valence-electron chi connectivity index (χ2n) is 5.94. The number of rotatable bonds is 5. The summed E-state index contributed by atoms with van der Waals surface area (Å²) >= 11 is 0. The number of anilines is 1. The Morgan fingerprint density at radius 3 is 2.04 bits per heavy atom. The number of hydrogen-bond donors (Lipinski definition) is 2. The first-order valence-corrected chi connectivity index (χ1v) is 9.71. The van der Waals surface area contributed by atoms with E-state index in [0.29, 0.717) is 43.1 Å². The van der Waals surface area contributed by atoms with Gasteiger partial charge in [0.1, 0.15) is 0 Å². The van der Waals surface area contributed by atoms with E-state index in [4.69, 9.17) is 10.5 Å². The highest BCUT2D eigenvalue weighted by molar-refractivity contribution is 7.89. The van der Waals surface area contributed by atoms with Crippen molar-refractivity contribution in [3.8, 4) is 0 Å². The van der Waals surface area contributed by atoms with E-state index in [9.17, 15) is 18.0 Å². The molecule has 8 nitrogen and oxygen atoms in total. The maximum atomic E-state index is 12.6. The molecule has 1 heterocycles. The van der Waals surface area contributed by atoms with Gasteiger partial charge in [0.25, 0.3) is 5.91 Å². The molecule has 27 heavy (non-hydrogen) atoms. The molecule has 1 fully saturated rings. The third kappa shape index (κ3) is 4.33. The van der Waals surface area contributed by atoms with Crippen LogP contribution in [0.2, 0.25) is 0 Å². The molecule has 0 bridgehead atoms. The Morgan fingerprint density at radius 2 is 1.48 bits per heavy atom. The van der Waals surface area contributed by atoms with Crippen molar-refractivity contribution in [1.82, 2.24) is 4.31 Å². The van der Waals surface area contributed by atoms with E-state index in [1.807, 2.05) is 0 Å². The van der Waals surface area contributed by atoms with Crippen LogP contribution in [0.5, 0.6) is 0 Å². The zero-order chi connectivity index (χ0) is 19.4. The van der Waals surface area contributed by atoms with Crippen LogP contribution in [0.25, 0.3) is 0 Å². The highest BCUT2D eigenvalue weighted by Crippen LogP contribution is 2.18. The molecule has 2 aromatic carbocycles. The summed E-state index contributed by atoms with van der Waals surface area (Å²) in [5.74, 6) is -0.943. The van der Waals surface area contributed by atoms with Crippen molar-refractivity contribution in [3.05, 3.63) is 59.7 Å². The molecule has 0 saturated carbocycles. The summed E-state index contributed by atoms with van der Waals surface area (Å²) in [6, 6.07) is 11.9. The minimum atomic E-state index is -3.60. The molecule has 1 aliphatic heterocycles. The van der Waals surface area contributed by atoms with Crippen LogP contribution >= 0.6 is 0 Å². The summed E-state index contributed by atoms with van der Waals surface area (Å²) in [5.41, 5.74) is 6.32. The summed E-state index contributed by atoms with van der Waals surface area (Å²) in [4.78, 5) is 23.5. The largest absolute Gasteiger partial charge is 0.379 e. The molecule has 0 radical (unpaired) electrons. The third-order valence-corrected chi connectivity index (χ3v) is 6.06. The van der Waals surface area contributed by atoms with E-state index in [1.54, 1.807) is 12.1 Å². The number of benzene rings is 2. The fraction of sp³-hybridized carbons (Fsp3) is 0.222. The van der Waals surface area contributed by atoms with Gasteiger partial charge in [0.15, 0.2) is 0 Å². The SMILES string of the molecule is NC(=O)c1ccc(NC(=O)c2ccc(S(=O)(=O)N3CCOCC3)cc2)cc1. The van der Waals surface area contributed by atoms with Crippen molar-refractivity contribution in [2.75, 3.05) is 31.6 Å². The average Bonchev–Trinajstić information content (AvgIpc) is 2.69. The van der Waals surface area contributed by atoms with Crippen molar-refractivity contribution in [2.45, 2.75) is 4.90 Å². The molecule has 0 unspecified atom stereocenters. The summed E-state index contributed by atoms with van der Waals surface area (Å²) in [6.07, 6.45) is 0. The number of sulfonamides is 1. The van der Waals surface area contributed by atoms with Gasteiger partial charge in [0.05, 0.1) is 18.1 Å². The number of carbonyl (C=O) groups is 2. The Hall–Kier alpha value is -2.75. The van der Waals surface area contributed by atoms with Gasteiger partial charge in [-0.1, -0.05) is 0 Å². The van der Waals surface area contributed by atoms with Crippen molar-refractivity contribution >= 4 is 27.5 Å². The molecule has 3 rings (SSSR count). The fourth-order valence-electron chi connectivity index (χ4n) is 2.64. The van der Waals surface area contributed by atoms with Gasteiger partial charge in [-0.2, -0.15) is 4.31 Å². The normalized spacial score (nSPS) is 15.3. The number of amides is 2. The average molecular weight is 389 g/mol. The molecule has 142 valence electrons. The number of primary amides is 1. The van der Waals surface area contributed by atoms with Crippen LogP contribution in [-0.4, -0.2) is 50.8 Å². The van der Waals surface area contributed by atoms with Gasteiger partial charge in [0.2, 0.25) is 15.9 Å². The predicted octanol–water partition coefficient (Wildman–Crippen LogP) is 1.06. The molecule has 9 heteroatoms. The lowest BCUT2D eigenvalue weighted by Gasteiger charge is -2.26. The van der Waals surface area contributed by atoms with Gasteiger partial charge >= 0.3 is 0 Å². The quantitative estimate of drug-likeness (QED) is 0.792. The van der Waals surface area contributed by atoms with E-state index in [-0.39, 0.29) is 4.90 Å². The maximum Gasteiger partial charge on any atom is 0.255 e. The lowest BCUT2D eigenvalue weighted by Crippen LogP contribution is -2.40. The molecule has 0 aliphatic carbocycles. The van der Waals surface area contributed by atoms with E-state index in [0.717, 1.165) is 0 Å². The monoisotopic (exact) mass is 389 g/mol. The Morgan fingerprint density at radius 1 is 0.926 bits per heavy atom. The van der Waals surface area contributed by atoms with Gasteiger partial charge < -0.3 is 15.8 Å². The first-order valence-electron chi connectivity index (χ1n) is 8.27. The molecule has 3 N–H and O–H groups in total. The lowest BCUT2D eigenvalue weighted by molar-refractivity contribution is 0.0730. The second kappa shape index (κ2) is 7.87. The smallest absolute Gasteiger partial charge is 0.255 e. The molecular weight excluding hydrogens is 370 g/mol. The lowest BCUT2D eigenvalue weighted by atomic mass is 10.2. The number of nitrogens with zero attached hydrogens (tertiary/aromatic N) is 1. The molecule has 1 saturated heterocycles. The predicted molar refractivity (Wildman–Crippen MR) is 98.9 cm³/mol. The Bertz CT molecular complexity index is 934. The summed E-state index contributed by atoms with van der Waals surface area (Å²) in [6.45, 7) is 1.36. The maximum absolute atomic E-state index is 12.6. The van der Waals surface area contributed by atoms with Crippen LogP contribution in [0.3, 0.4) is 0 Å². The highest BCUT2D eigenvalue weighted by atomic mass is 32.2. The summed E-state index contributed by atoms with van der Waals surface area (Å²) in [7, 11) is -3.60. The zero-order valence-electron chi connectivity index (χ0n) is 14.4. The number of carbonyl (C=O) groups excluding carboxylic acids is 2. The Labute approximate surface area is 157 Å². The van der Waals surface area contributed by atoms with Crippen LogP contribution in [0.1, 0.15) is 20.7 Å². The number of hydrogen-bond acceptors (Lipinski definition) is 5. The molecule has 0 spiro atoms. The van der Waals surface area contributed by atoms with Crippen LogP contribution in [0.15, 0.2) is 53.4 Å². The third-order valence-electron chi connectivity index (χ3n) is 4.15. The minimum absolute atomic E-state index is 0.131. The first kappa shape index (κ1) is 19.0. The van der Waals surface area contributed by atoms with Crippen molar-refractivity contribution < 1.29 is 22.7 Å². The van der Waals surface area contributed by atoms with Crippen LogP contribution in [0, 0.1) is 0 Å². The highest BCUT2D eigenvalue weighted by Gasteiger charge is 2.26. The molecule has 2 amide bonds. The summed E-state index contributed by atoms with van der Waals surface area (Å²) < 4.78 is 31.7. The molecule has 1 aliphatic rings. The van der Waals surface area contributed by atoms with E-state index in [1.165, 1.54) is 40.7 Å². The molecule has 0 atom stereocenters. The number of morpholine rings is 1. The van der Waals surface area contributed by atoms with Gasteiger partial charge in [0, 0.05) is 29.9 Å². The standard InChI is InChI=1S/C18H19N3O5S/c19-17(22)13-1-5-15(6-2-13)20-18(23)14-3-7-16(8-4-14)27(24,25)21-9-11-26-12-10-21/h1-8H,9-12H2,(H2,19,22)(H,20,23). The van der Waals surface area contributed by atoms with Gasteiger partial charge in [-0.05, 0) is 48.5 Å². The van der Waals surface area contributed by atoms with Crippen LogP contribution < -0.4 is 11.1 Å². The van der Waals surface area contributed by atoms with Crippen LogP contribution in [0.4, 0.5) is 5.69 Å². The van der Waals surface area contributed by atoms with E-state index < -0.39 is 21.8 Å². The molecule has 2 aromatic rings. The topological polar surface area (TPSA) is 119 Å². The minimum Gasteiger partial charge on any atom is -0.379 e. The first-order chi connectivity index (χ1) is 12.9. The second-order valence-corrected chi connectivity index (χ2v) is 7.87. The number of nitrogens with one attached hydrogen (secondary N) is 1. The number of nitrogens with two attached hydrogens (primary N) is 1.